The number of nitrogens with zero attached hydrogens (tertiary/aromatic N) is 3. The summed E-state index contributed by atoms with van der Waals surface area (Å²) in [6.45, 7) is 4.39. The van der Waals surface area contributed by atoms with Gasteiger partial charge >= 0.3 is 0 Å². The van der Waals surface area contributed by atoms with E-state index < -0.39 is 17.4 Å². The SMILES string of the molecule is COC(C)(C)CCc1cnc(-c2cccc(C#C[C@]3(O)CCN(C)C3=O)c2)nc1C(N)=O. The Labute approximate surface area is 187 Å². The summed E-state index contributed by atoms with van der Waals surface area (Å²) < 4.78 is 5.43. The van der Waals surface area contributed by atoms with Gasteiger partial charge in [-0.25, -0.2) is 9.97 Å². The molecule has 8 nitrogen and oxygen atoms in total. The molecule has 1 aromatic heterocycles. The van der Waals surface area contributed by atoms with Crippen molar-refractivity contribution in [2.75, 3.05) is 20.7 Å². The van der Waals surface area contributed by atoms with Gasteiger partial charge in [0.05, 0.1) is 5.60 Å². The number of amides is 2. The molecule has 0 unspecified atom stereocenters. The molecule has 2 aromatic rings. The highest BCUT2D eigenvalue weighted by atomic mass is 16.5. The van der Waals surface area contributed by atoms with Gasteiger partial charge in [-0.15, -0.1) is 0 Å². The van der Waals surface area contributed by atoms with Gasteiger partial charge in [-0.05, 0) is 38.8 Å². The molecule has 8 heteroatoms. The Morgan fingerprint density at radius 3 is 2.78 bits per heavy atom. The number of primary amides is 1. The Kier molecular flexibility index (Phi) is 6.63. The highest BCUT2D eigenvalue weighted by Crippen LogP contribution is 2.23. The van der Waals surface area contributed by atoms with E-state index in [4.69, 9.17) is 10.5 Å². The first-order chi connectivity index (χ1) is 15.0. The third-order valence-electron chi connectivity index (χ3n) is 5.69. The van der Waals surface area contributed by atoms with Crippen molar-refractivity contribution in [3.05, 3.63) is 47.3 Å². The topological polar surface area (TPSA) is 119 Å². The zero-order valence-electron chi connectivity index (χ0n) is 18.8. The van der Waals surface area contributed by atoms with E-state index in [1.165, 1.54) is 4.90 Å². The van der Waals surface area contributed by atoms with Crippen molar-refractivity contribution >= 4 is 11.8 Å². The minimum absolute atomic E-state index is 0.173. The van der Waals surface area contributed by atoms with E-state index in [0.717, 1.165) is 0 Å². The maximum absolute atomic E-state index is 12.1. The number of aliphatic hydroxyl groups is 1. The number of carbonyl (C=O) groups is 2. The van der Waals surface area contributed by atoms with Crippen molar-refractivity contribution in [3.63, 3.8) is 0 Å². The summed E-state index contributed by atoms with van der Waals surface area (Å²) in [6.07, 6.45) is 3.10. The van der Waals surface area contributed by atoms with E-state index in [2.05, 4.69) is 21.8 Å². The van der Waals surface area contributed by atoms with Crippen molar-refractivity contribution < 1.29 is 19.4 Å². The van der Waals surface area contributed by atoms with Crippen molar-refractivity contribution in [1.82, 2.24) is 14.9 Å². The molecule has 0 radical (unpaired) electrons. The number of methoxy groups -OCH3 is 1. The third kappa shape index (κ3) is 5.13. The summed E-state index contributed by atoms with van der Waals surface area (Å²) in [4.78, 5) is 34.4. The summed E-state index contributed by atoms with van der Waals surface area (Å²) in [6, 6.07) is 7.07. The van der Waals surface area contributed by atoms with Crippen LogP contribution < -0.4 is 5.73 Å². The lowest BCUT2D eigenvalue weighted by Gasteiger charge is -2.22. The van der Waals surface area contributed by atoms with Crippen LogP contribution in [0.4, 0.5) is 0 Å². The number of aryl methyl sites for hydroxylation is 1. The quantitative estimate of drug-likeness (QED) is 0.663. The summed E-state index contributed by atoms with van der Waals surface area (Å²) >= 11 is 0. The molecular weight excluding hydrogens is 408 g/mol. The van der Waals surface area contributed by atoms with Gasteiger partial charge in [-0.1, -0.05) is 24.0 Å². The lowest BCUT2D eigenvalue weighted by molar-refractivity contribution is -0.137. The molecule has 1 aliphatic heterocycles. The van der Waals surface area contributed by atoms with Gasteiger partial charge in [0.15, 0.2) is 5.82 Å². The minimum Gasteiger partial charge on any atom is -0.379 e. The smallest absolute Gasteiger partial charge is 0.267 e. The van der Waals surface area contributed by atoms with Crippen molar-refractivity contribution in [1.29, 1.82) is 0 Å². The van der Waals surface area contributed by atoms with Crippen molar-refractivity contribution in [2.24, 2.45) is 5.73 Å². The second-order valence-electron chi connectivity index (χ2n) is 8.56. The zero-order valence-corrected chi connectivity index (χ0v) is 18.8. The highest BCUT2D eigenvalue weighted by molar-refractivity contribution is 5.92. The third-order valence-corrected chi connectivity index (χ3v) is 5.69. The lowest BCUT2D eigenvalue weighted by atomic mass is 9.98. The van der Waals surface area contributed by atoms with Gasteiger partial charge in [-0.2, -0.15) is 0 Å². The predicted octanol–water partition coefficient (Wildman–Crippen LogP) is 1.54. The molecule has 1 aliphatic rings. The fourth-order valence-corrected chi connectivity index (χ4v) is 3.36. The Bertz CT molecular complexity index is 1100. The molecule has 32 heavy (non-hydrogen) atoms. The first-order valence-corrected chi connectivity index (χ1v) is 10.4. The van der Waals surface area contributed by atoms with Gasteiger partial charge in [0.1, 0.15) is 5.69 Å². The van der Waals surface area contributed by atoms with E-state index >= 15 is 0 Å². The van der Waals surface area contributed by atoms with Gasteiger partial charge in [-0.3, -0.25) is 9.59 Å². The number of likely N-dealkylation sites (tertiary alicyclic amines) is 1. The van der Waals surface area contributed by atoms with Crippen LogP contribution in [-0.2, 0) is 16.0 Å². The molecule has 0 aliphatic carbocycles. The molecule has 1 fully saturated rings. The van der Waals surface area contributed by atoms with Crippen LogP contribution in [0.3, 0.4) is 0 Å². The highest BCUT2D eigenvalue weighted by Gasteiger charge is 2.42. The molecular formula is C24H28N4O4. The number of hydrogen-bond acceptors (Lipinski definition) is 6. The van der Waals surface area contributed by atoms with E-state index in [1.54, 1.807) is 44.6 Å². The van der Waals surface area contributed by atoms with Crippen LogP contribution in [0.5, 0.6) is 0 Å². The van der Waals surface area contributed by atoms with Crippen LogP contribution in [0.15, 0.2) is 30.5 Å². The average Bonchev–Trinajstić information content (AvgIpc) is 3.04. The number of nitrogens with two attached hydrogens (primary N) is 1. The Morgan fingerprint density at radius 1 is 1.41 bits per heavy atom. The van der Waals surface area contributed by atoms with E-state index in [0.29, 0.717) is 41.9 Å². The molecule has 2 amide bonds. The van der Waals surface area contributed by atoms with Crippen LogP contribution >= 0.6 is 0 Å². The molecule has 0 spiro atoms. The Morgan fingerprint density at radius 2 is 2.16 bits per heavy atom. The normalized spacial score (nSPS) is 18.4. The fraction of sp³-hybridized carbons (Fsp3) is 0.417. The number of benzene rings is 1. The molecule has 1 aromatic carbocycles. The summed E-state index contributed by atoms with van der Waals surface area (Å²) in [5.74, 6) is 4.88. The van der Waals surface area contributed by atoms with Crippen LogP contribution in [0.25, 0.3) is 11.4 Å². The van der Waals surface area contributed by atoms with Crippen LogP contribution in [0, 0.1) is 11.8 Å². The van der Waals surface area contributed by atoms with E-state index in [-0.39, 0.29) is 17.7 Å². The second kappa shape index (κ2) is 9.07. The summed E-state index contributed by atoms with van der Waals surface area (Å²) in [5, 5.41) is 10.5. The molecule has 0 saturated carbocycles. The Hall–Kier alpha value is -3.28. The number of aromatic nitrogens is 2. The molecule has 3 rings (SSSR count). The largest absolute Gasteiger partial charge is 0.379 e. The number of hydrogen-bond donors (Lipinski definition) is 2. The van der Waals surface area contributed by atoms with Crippen molar-refractivity contribution in [3.8, 4) is 23.2 Å². The first-order valence-electron chi connectivity index (χ1n) is 10.4. The minimum atomic E-state index is -1.67. The first kappa shape index (κ1) is 23.4. The lowest BCUT2D eigenvalue weighted by Crippen LogP contribution is -2.37. The molecule has 1 atom stereocenters. The number of likely N-dealkylation sites (N-methyl/N-ethyl adjacent to an activating group) is 1. The number of rotatable bonds is 6. The van der Waals surface area contributed by atoms with Crippen molar-refractivity contribution in [2.45, 2.75) is 44.3 Å². The summed E-state index contributed by atoms with van der Waals surface area (Å²) in [7, 11) is 3.28. The van der Waals surface area contributed by atoms with Crippen LogP contribution in [0.2, 0.25) is 0 Å². The standard InChI is InChI=1S/C24H28N4O4/c1-23(2,32-4)10-9-18-15-26-21(27-19(18)20(25)29)17-7-5-6-16(14-17)8-11-24(31)12-13-28(3)22(24)30/h5-7,14-15,31H,9-10,12-13H2,1-4H3,(H2,25,29)/t24-/m0/s1. The fourth-order valence-electron chi connectivity index (χ4n) is 3.36. The molecule has 1 saturated heterocycles. The zero-order chi connectivity index (χ0) is 23.5. The molecule has 2 heterocycles. The number of carbonyl (C=O) groups excluding carboxylic acids is 2. The number of ether oxygens (including phenoxy) is 1. The van der Waals surface area contributed by atoms with E-state index in [1.807, 2.05) is 13.8 Å². The van der Waals surface area contributed by atoms with Crippen LogP contribution in [0.1, 0.15) is 48.3 Å². The monoisotopic (exact) mass is 436 g/mol. The van der Waals surface area contributed by atoms with Gasteiger partial charge in [0.2, 0.25) is 5.60 Å². The van der Waals surface area contributed by atoms with Gasteiger partial charge in [0, 0.05) is 50.0 Å². The molecule has 0 bridgehead atoms. The maximum atomic E-state index is 12.1. The molecule has 168 valence electrons. The second-order valence-corrected chi connectivity index (χ2v) is 8.56. The maximum Gasteiger partial charge on any atom is 0.267 e. The van der Waals surface area contributed by atoms with Crippen LogP contribution in [-0.4, -0.2) is 63.7 Å². The van der Waals surface area contributed by atoms with E-state index in [9.17, 15) is 14.7 Å². The van der Waals surface area contributed by atoms with Gasteiger partial charge < -0.3 is 20.5 Å². The van der Waals surface area contributed by atoms with Gasteiger partial charge in [0.25, 0.3) is 11.8 Å². The predicted molar refractivity (Wildman–Crippen MR) is 119 cm³/mol. The summed E-state index contributed by atoms with van der Waals surface area (Å²) in [5.41, 5.74) is 5.63. The Balaban J connectivity index is 1.88. The average molecular weight is 437 g/mol. The molecule has 3 N–H and O–H groups in total.